The quantitative estimate of drug-likeness (QED) is 0.744. The molecule has 1 saturated carbocycles. The fourth-order valence-electron chi connectivity index (χ4n) is 4.80. The number of amides is 2. The minimum Gasteiger partial charge on any atom is -0.485 e. The van der Waals surface area contributed by atoms with E-state index in [2.05, 4.69) is 6.07 Å². The van der Waals surface area contributed by atoms with E-state index in [1.54, 1.807) is 22.9 Å². The van der Waals surface area contributed by atoms with Gasteiger partial charge < -0.3 is 24.2 Å². The van der Waals surface area contributed by atoms with Gasteiger partial charge in [0.15, 0.2) is 18.0 Å². The predicted molar refractivity (Wildman–Crippen MR) is 113 cm³/mol. The largest absolute Gasteiger partial charge is 0.485 e. The molecule has 31 heavy (non-hydrogen) atoms. The normalized spacial score (nSPS) is 23.0. The Morgan fingerprint density at radius 3 is 2.55 bits per heavy atom. The molecule has 0 spiro atoms. The number of nitriles is 1. The highest BCUT2D eigenvalue weighted by atomic mass is 16.6. The van der Waals surface area contributed by atoms with E-state index in [4.69, 9.17) is 9.47 Å². The van der Waals surface area contributed by atoms with Gasteiger partial charge in [-0.2, -0.15) is 5.26 Å². The Bertz CT molecular complexity index is 853. The highest BCUT2D eigenvalue weighted by Gasteiger charge is 2.40. The van der Waals surface area contributed by atoms with Crippen LogP contribution in [0.2, 0.25) is 0 Å². The fraction of sp³-hybridized carbons (Fsp3) is 0.609. The summed E-state index contributed by atoms with van der Waals surface area (Å²) in [4.78, 5) is 30.4. The molecule has 1 N–H and O–H groups in total. The van der Waals surface area contributed by atoms with Gasteiger partial charge in [-0.1, -0.05) is 31.4 Å². The lowest BCUT2D eigenvalue weighted by atomic mass is 9.81. The topological polar surface area (TPSA) is 87.3 Å². The van der Waals surface area contributed by atoms with Gasteiger partial charge in [0.05, 0.1) is 32.2 Å². The number of carbonyl (C=O) groups excluding carboxylic acids is 2. The molecule has 2 fully saturated rings. The number of nitrogens with zero attached hydrogens (tertiary/aromatic N) is 3. The monoisotopic (exact) mass is 427 g/mol. The van der Waals surface area contributed by atoms with Crippen LogP contribution in [0.5, 0.6) is 11.5 Å². The van der Waals surface area contributed by atoms with Gasteiger partial charge in [0, 0.05) is 7.05 Å². The summed E-state index contributed by atoms with van der Waals surface area (Å²) in [5, 5.41) is 9.73. The molecule has 0 radical (unpaired) electrons. The van der Waals surface area contributed by atoms with Gasteiger partial charge in [-0.05, 0) is 25.0 Å². The number of quaternary nitrogens is 1. The minimum absolute atomic E-state index is 0.0128. The zero-order valence-corrected chi connectivity index (χ0v) is 18.1. The molecule has 2 amide bonds. The van der Waals surface area contributed by atoms with Gasteiger partial charge in [0.1, 0.15) is 12.1 Å². The maximum atomic E-state index is 12.9. The van der Waals surface area contributed by atoms with Crippen LogP contribution in [-0.4, -0.2) is 79.6 Å². The second-order valence-corrected chi connectivity index (χ2v) is 8.77. The van der Waals surface area contributed by atoms with Gasteiger partial charge in [0.2, 0.25) is 6.10 Å². The highest BCUT2D eigenvalue weighted by molar-refractivity contribution is 5.82. The highest BCUT2D eigenvalue weighted by Crippen LogP contribution is 2.32. The first-order valence-electron chi connectivity index (χ1n) is 11.2. The number of carbonyl (C=O) groups is 2. The molecule has 2 aliphatic heterocycles. The number of likely N-dealkylation sites (N-methyl/N-ethyl adjacent to an activating group) is 1. The molecule has 8 nitrogen and oxygen atoms in total. The summed E-state index contributed by atoms with van der Waals surface area (Å²) in [5.74, 6) is 1.21. The summed E-state index contributed by atoms with van der Waals surface area (Å²) in [6.45, 7) is 3.14. The van der Waals surface area contributed by atoms with Crippen LogP contribution in [-0.2, 0) is 9.59 Å². The van der Waals surface area contributed by atoms with E-state index >= 15 is 0 Å². The molecular formula is C23H31N4O4+. The molecule has 3 aliphatic rings. The number of ether oxygens (including phenoxy) is 2. The maximum Gasteiger partial charge on any atom is 0.278 e. The number of fused-ring (bicyclic) bond motifs is 1. The lowest BCUT2D eigenvalue weighted by Crippen LogP contribution is -3.16. The summed E-state index contributed by atoms with van der Waals surface area (Å²) in [6, 6.07) is 9.78. The average Bonchev–Trinajstić information content (AvgIpc) is 2.83. The van der Waals surface area contributed by atoms with E-state index in [1.165, 1.54) is 0 Å². The van der Waals surface area contributed by atoms with E-state index < -0.39 is 11.6 Å². The molecular weight excluding hydrogens is 396 g/mol. The number of hydrogen-bond donors (Lipinski definition) is 1. The van der Waals surface area contributed by atoms with Crippen LogP contribution in [0.25, 0.3) is 0 Å². The minimum atomic E-state index is -0.652. The molecule has 4 rings (SSSR count). The molecule has 8 heteroatoms. The number of nitrogens with one attached hydrogen (secondary N) is 1. The summed E-state index contributed by atoms with van der Waals surface area (Å²) in [5.41, 5.74) is -0.652. The standard InChI is InChI=1S/C23H30N4O4/c1-25(23(17-24)9-5-2-6-10-23)21(28)15-26-11-13-27(14-12-26)22(29)20-16-30-18-7-3-4-8-19(18)31-20/h3-4,7-8,20H,2,5-6,9-16H2,1H3/p+1/t20-/m0/s1. The molecule has 0 aromatic heterocycles. The first-order chi connectivity index (χ1) is 15.0. The van der Waals surface area contributed by atoms with Crippen molar-refractivity contribution in [1.82, 2.24) is 9.80 Å². The van der Waals surface area contributed by atoms with Crippen LogP contribution in [0, 0.1) is 11.3 Å². The van der Waals surface area contributed by atoms with E-state index in [0.717, 1.165) is 37.0 Å². The fourth-order valence-corrected chi connectivity index (χ4v) is 4.80. The van der Waals surface area contributed by atoms with Crippen LogP contribution in [0.3, 0.4) is 0 Å². The van der Waals surface area contributed by atoms with Crippen molar-refractivity contribution in [3.63, 3.8) is 0 Å². The van der Waals surface area contributed by atoms with Gasteiger partial charge >= 0.3 is 0 Å². The Hall–Kier alpha value is -2.79. The van der Waals surface area contributed by atoms with Crippen LogP contribution in [0.1, 0.15) is 32.1 Å². The molecule has 0 unspecified atom stereocenters. The Labute approximate surface area is 183 Å². The van der Waals surface area contributed by atoms with Crippen molar-refractivity contribution in [2.75, 3.05) is 46.4 Å². The summed E-state index contributed by atoms with van der Waals surface area (Å²) in [6.07, 6.45) is 4.01. The van der Waals surface area contributed by atoms with Gasteiger partial charge in [0.25, 0.3) is 11.8 Å². The van der Waals surface area contributed by atoms with Crippen LogP contribution in [0.4, 0.5) is 0 Å². The summed E-state index contributed by atoms with van der Waals surface area (Å²) in [7, 11) is 1.77. The van der Waals surface area contributed by atoms with E-state index in [1.807, 2.05) is 18.2 Å². The molecule has 1 aromatic rings. The molecule has 2 heterocycles. The van der Waals surface area contributed by atoms with Crippen molar-refractivity contribution in [3.05, 3.63) is 24.3 Å². The number of rotatable bonds is 4. The van der Waals surface area contributed by atoms with Crippen molar-refractivity contribution in [1.29, 1.82) is 5.26 Å². The van der Waals surface area contributed by atoms with Crippen molar-refractivity contribution < 1.29 is 24.0 Å². The van der Waals surface area contributed by atoms with Gasteiger partial charge in [-0.25, -0.2) is 0 Å². The van der Waals surface area contributed by atoms with Crippen molar-refractivity contribution in [2.24, 2.45) is 0 Å². The van der Waals surface area contributed by atoms with Gasteiger partial charge in [-0.3, -0.25) is 9.59 Å². The Kier molecular flexibility index (Phi) is 6.33. The third kappa shape index (κ3) is 4.47. The maximum absolute atomic E-state index is 12.9. The first kappa shape index (κ1) is 21.4. The third-order valence-corrected chi connectivity index (χ3v) is 6.87. The van der Waals surface area contributed by atoms with E-state index in [-0.39, 0.29) is 18.4 Å². The smallest absolute Gasteiger partial charge is 0.278 e. The van der Waals surface area contributed by atoms with E-state index in [9.17, 15) is 14.9 Å². The number of piperazine rings is 1. The van der Waals surface area contributed by atoms with E-state index in [0.29, 0.717) is 44.2 Å². The lowest BCUT2D eigenvalue weighted by Gasteiger charge is -2.40. The average molecular weight is 428 g/mol. The summed E-state index contributed by atoms with van der Waals surface area (Å²) < 4.78 is 11.5. The Morgan fingerprint density at radius 1 is 1.19 bits per heavy atom. The Morgan fingerprint density at radius 2 is 1.87 bits per heavy atom. The van der Waals surface area contributed by atoms with Crippen molar-refractivity contribution in [2.45, 2.75) is 43.7 Å². The molecule has 166 valence electrons. The number of para-hydroxylation sites is 2. The molecule has 1 aliphatic carbocycles. The zero-order valence-electron chi connectivity index (χ0n) is 18.1. The zero-order chi connectivity index (χ0) is 21.8. The van der Waals surface area contributed by atoms with Crippen molar-refractivity contribution >= 4 is 11.8 Å². The predicted octanol–water partition coefficient (Wildman–Crippen LogP) is 0.238. The molecule has 1 aromatic carbocycles. The second kappa shape index (κ2) is 9.15. The van der Waals surface area contributed by atoms with Crippen LogP contribution < -0.4 is 14.4 Å². The van der Waals surface area contributed by atoms with Crippen molar-refractivity contribution in [3.8, 4) is 17.6 Å². The lowest BCUT2D eigenvalue weighted by molar-refractivity contribution is -0.896. The SMILES string of the molecule is CN(C(=O)C[NH+]1CCN(C(=O)[C@@H]2COc3ccccc3O2)CC1)C1(C#N)CCCCC1. The molecule has 0 bridgehead atoms. The Balaban J connectivity index is 1.27. The summed E-state index contributed by atoms with van der Waals surface area (Å²) >= 11 is 0. The third-order valence-electron chi connectivity index (χ3n) is 6.87. The first-order valence-corrected chi connectivity index (χ1v) is 11.2. The molecule has 1 saturated heterocycles. The van der Waals surface area contributed by atoms with Crippen LogP contribution >= 0.6 is 0 Å². The van der Waals surface area contributed by atoms with Crippen LogP contribution in [0.15, 0.2) is 24.3 Å². The second-order valence-electron chi connectivity index (χ2n) is 8.77. The number of benzene rings is 1. The molecule has 1 atom stereocenters. The van der Waals surface area contributed by atoms with Gasteiger partial charge in [-0.15, -0.1) is 0 Å². The number of hydrogen-bond acceptors (Lipinski definition) is 5.